The van der Waals surface area contributed by atoms with E-state index in [1.807, 2.05) is 0 Å². The predicted molar refractivity (Wildman–Crippen MR) is 48.3 cm³/mol. The largest absolute Gasteiger partial charge is 0.0955 e. The van der Waals surface area contributed by atoms with Crippen LogP contribution in [0.4, 0.5) is 0 Å². The Kier molecular flexibility index (Phi) is 1.69. The van der Waals surface area contributed by atoms with Gasteiger partial charge < -0.3 is 0 Å². The van der Waals surface area contributed by atoms with E-state index in [0.29, 0.717) is 0 Å². The van der Waals surface area contributed by atoms with Crippen LogP contribution in [0.2, 0.25) is 0 Å². The second-order valence-electron chi connectivity index (χ2n) is 3.51. The highest BCUT2D eigenvalue weighted by molar-refractivity contribution is 5.31. The van der Waals surface area contributed by atoms with Crippen molar-refractivity contribution in [1.82, 2.24) is 0 Å². The lowest BCUT2D eigenvalue weighted by Gasteiger charge is -2.02. The molecule has 11 heavy (non-hydrogen) atoms. The molecular weight excluding hydrogens is 132 g/mol. The number of hydrogen-bond donors (Lipinski definition) is 0. The van der Waals surface area contributed by atoms with Gasteiger partial charge in [-0.2, -0.15) is 0 Å². The van der Waals surface area contributed by atoms with Crippen molar-refractivity contribution in [3.05, 3.63) is 36.0 Å². The van der Waals surface area contributed by atoms with Crippen molar-refractivity contribution in [2.24, 2.45) is 5.92 Å². The van der Waals surface area contributed by atoms with Crippen LogP contribution in [-0.4, -0.2) is 0 Å². The average molecular weight is 146 g/mol. The van der Waals surface area contributed by atoms with E-state index in [1.54, 1.807) is 5.57 Å². The molecule has 0 aromatic heterocycles. The van der Waals surface area contributed by atoms with Crippen molar-refractivity contribution < 1.29 is 0 Å². The van der Waals surface area contributed by atoms with Crippen LogP contribution in [0.15, 0.2) is 36.0 Å². The van der Waals surface area contributed by atoms with Gasteiger partial charge in [-0.15, -0.1) is 0 Å². The van der Waals surface area contributed by atoms with Gasteiger partial charge in [-0.1, -0.05) is 36.0 Å². The molecule has 0 bridgehead atoms. The fraction of sp³-hybridized carbons (Fsp3) is 0.455. The maximum atomic E-state index is 4.01. The van der Waals surface area contributed by atoms with Crippen LogP contribution < -0.4 is 0 Å². The summed E-state index contributed by atoms with van der Waals surface area (Å²) in [5, 5.41) is 0. The third kappa shape index (κ3) is 1.30. The van der Waals surface area contributed by atoms with Gasteiger partial charge in [-0.05, 0) is 31.6 Å². The summed E-state index contributed by atoms with van der Waals surface area (Å²) in [6.07, 6.45) is 12.0. The first-order valence-corrected chi connectivity index (χ1v) is 4.41. The zero-order valence-electron chi connectivity index (χ0n) is 6.84. The molecule has 0 spiro atoms. The van der Waals surface area contributed by atoms with E-state index in [2.05, 4.69) is 24.8 Å². The first kappa shape index (κ1) is 6.90. The highest BCUT2D eigenvalue weighted by atomic mass is 14.2. The Labute approximate surface area is 68.3 Å². The van der Waals surface area contributed by atoms with Crippen molar-refractivity contribution in [2.75, 3.05) is 0 Å². The van der Waals surface area contributed by atoms with E-state index in [1.165, 1.54) is 24.8 Å². The minimum absolute atomic E-state index is 0.759. The summed E-state index contributed by atoms with van der Waals surface area (Å²) in [4.78, 5) is 0. The van der Waals surface area contributed by atoms with E-state index in [-0.39, 0.29) is 0 Å². The summed E-state index contributed by atoms with van der Waals surface area (Å²) in [5.74, 6) is 0.759. The molecule has 1 unspecified atom stereocenters. The monoisotopic (exact) mass is 146 g/mol. The second-order valence-corrected chi connectivity index (χ2v) is 3.51. The fourth-order valence-corrected chi connectivity index (χ4v) is 2.00. The Morgan fingerprint density at radius 2 is 2.36 bits per heavy atom. The summed E-state index contributed by atoms with van der Waals surface area (Å²) in [6.45, 7) is 4.01. The number of fused-ring (bicyclic) bond motifs is 1. The summed E-state index contributed by atoms with van der Waals surface area (Å²) in [5.41, 5.74) is 2.89. The second kappa shape index (κ2) is 2.69. The molecule has 58 valence electrons. The van der Waals surface area contributed by atoms with Crippen LogP contribution in [0, 0.1) is 5.92 Å². The van der Waals surface area contributed by atoms with Crippen molar-refractivity contribution >= 4 is 0 Å². The molecule has 2 aliphatic carbocycles. The van der Waals surface area contributed by atoms with Gasteiger partial charge in [0.1, 0.15) is 0 Å². The fourth-order valence-electron chi connectivity index (χ4n) is 2.00. The van der Waals surface area contributed by atoms with E-state index in [0.717, 1.165) is 12.3 Å². The Morgan fingerprint density at radius 1 is 1.45 bits per heavy atom. The molecule has 0 aromatic rings. The molecule has 0 saturated heterocycles. The lowest BCUT2D eigenvalue weighted by Crippen LogP contribution is -1.88. The van der Waals surface area contributed by atoms with Crippen LogP contribution in [0.3, 0.4) is 0 Å². The van der Waals surface area contributed by atoms with E-state index in [4.69, 9.17) is 0 Å². The van der Waals surface area contributed by atoms with Crippen molar-refractivity contribution in [1.29, 1.82) is 0 Å². The predicted octanol–water partition coefficient (Wildman–Crippen LogP) is 3.23. The van der Waals surface area contributed by atoms with Gasteiger partial charge in [-0.3, -0.25) is 0 Å². The molecule has 1 fully saturated rings. The van der Waals surface area contributed by atoms with Gasteiger partial charge in [0, 0.05) is 0 Å². The van der Waals surface area contributed by atoms with Gasteiger partial charge >= 0.3 is 0 Å². The molecule has 0 radical (unpaired) electrons. The smallest absolute Gasteiger partial charge is 0.00198 e. The highest BCUT2D eigenvalue weighted by Crippen LogP contribution is 2.34. The zero-order valence-corrected chi connectivity index (χ0v) is 6.84. The minimum atomic E-state index is 0.759. The maximum absolute atomic E-state index is 4.01. The molecule has 2 rings (SSSR count). The molecular formula is C11H14. The Balaban J connectivity index is 2.29. The van der Waals surface area contributed by atoms with E-state index >= 15 is 0 Å². The molecule has 0 nitrogen and oxygen atoms in total. The summed E-state index contributed by atoms with van der Waals surface area (Å²) >= 11 is 0. The third-order valence-electron chi connectivity index (χ3n) is 2.59. The lowest BCUT2D eigenvalue weighted by atomic mass is 10.0. The van der Waals surface area contributed by atoms with Gasteiger partial charge in [0.2, 0.25) is 0 Å². The molecule has 1 atom stereocenters. The summed E-state index contributed by atoms with van der Waals surface area (Å²) in [6, 6.07) is 0. The topological polar surface area (TPSA) is 0 Å². The summed E-state index contributed by atoms with van der Waals surface area (Å²) in [7, 11) is 0. The molecule has 0 heteroatoms. The molecule has 0 aliphatic heterocycles. The van der Waals surface area contributed by atoms with Crippen molar-refractivity contribution in [2.45, 2.75) is 25.7 Å². The average Bonchev–Trinajstić information content (AvgIpc) is 2.31. The quantitative estimate of drug-likeness (QED) is 0.460. The van der Waals surface area contributed by atoms with Crippen LogP contribution >= 0.6 is 0 Å². The van der Waals surface area contributed by atoms with Crippen LogP contribution in [-0.2, 0) is 0 Å². The zero-order chi connectivity index (χ0) is 7.68. The van der Waals surface area contributed by atoms with Gasteiger partial charge in [0.25, 0.3) is 0 Å². The SMILES string of the molecule is C=C1C=C2CCCC2C=CC1. The first-order valence-electron chi connectivity index (χ1n) is 4.41. The van der Waals surface area contributed by atoms with Crippen LogP contribution in [0.25, 0.3) is 0 Å². The minimum Gasteiger partial charge on any atom is -0.0955 e. The third-order valence-corrected chi connectivity index (χ3v) is 2.59. The lowest BCUT2D eigenvalue weighted by molar-refractivity contribution is 0.765. The Hall–Kier alpha value is -0.780. The van der Waals surface area contributed by atoms with Gasteiger partial charge in [-0.25, -0.2) is 0 Å². The van der Waals surface area contributed by atoms with E-state index in [9.17, 15) is 0 Å². The number of allylic oxidation sites excluding steroid dienone is 5. The molecule has 0 aromatic carbocycles. The first-order chi connectivity index (χ1) is 5.36. The standard InChI is InChI=1S/C11H14/c1-9-4-2-5-10-6-3-7-11(10)8-9/h2,5,8,10H,1,3-4,6-7H2. The van der Waals surface area contributed by atoms with Crippen LogP contribution in [0.5, 0.6) is 0 Å². The normalized spacial score (nSPS) is 29.6. The number of rotatable bonds is 0. The van der Waals surface area contributed by atoms with Crippen molar-refractivity contribution in [3.63, 3.8) is 0 Å². The Morgan fingerprint density at radius 3 is 3.27 bits per heavy atom. The Bertz CT molecular complexity index is 230. The van der Waals surface area contributed by atoms with Gasteiger partial charge in [0.05, 0.1) is 0 Å². The molecule has 0 N–H and O–H groups in total. The molecule has 0 heterocycles. The molecule has 1 saturated carbocycles. The summed E-state index contributed by atoms with van der Waals surface area (Å²) < 4.78 is 0. The molecule has 0 amide bonds. The number of hydrogen-bond acceptors (Lipinski definition) is 0. The molecule has 2 aliphatic rings. The maximum Gasteiger partial charge on any atom is -0.00198 e. The van der Waals surface area contributed by atoms with Crippen LogP contribution in [0.1, 0.15) is 25.7 Å². The highest BCUT2D eigenvalue weighted by Gasteiger charge is 2.19. The van der Waals surface area contributed by atoms with Crippen molar-refractivity contribution in [3.8, 4) is 0 Å². The van der Waals surface area contributed by atoms with E-state index < -0.39 is 0 Å². The van der Waals surface area contributed by atoms with Gasteiger partial charge in [0.15, 0.2) is 0 Å².